The van der Waals surface area contributed by atoms with Crippen LogP contribution in [0.3, 0.4) is 0 Å². The maximum Gasteiger partial charge on any atom is 0.317 e. The minimum atomic E-state index is -0.797. The number of carbonyl (C=O) groups is 1. The minimum Gasteiger partial charge on any atom is -0.480 e. The summed E-state index contributed by atoms with van der Waals surface area (Å²) in [6.07, 6.45) is 3.47. The topological polar surface area (TPSA) is 58.4 Å². The van der Waals surface area contributed by atoms with E-state index in [9.17, 15) is 4.79 Å². The number of hydrogen-bond donors (Lipinski definition) is 1. The first-order valence-corrected chi connectivity index (χ1v) is 4.52. The van der Waals surface area contributed by atoms with Crippen LogP contribution in [0, 0.1) is 0 Å². The second-order valence-electron chi connectivity index (χ2n) is 3.19. The molecule has 0 saturated heterocycles. The first-order valence-electron chi connectivity index (χ1n) is 4.52. The molecule has 14 heavy (non-hydrogen) atoms. The van der Waals surface area contributed by atoms with Crippen LogP contribution in [-0.2, 0) is 18.4 Å². The molecule has 0 radical (unpaired) electrons. The van der Waals surface area contributed by atoms with Crippen LogP contribution < -0.4 is 0 Å². The van der Waals surface area contributed by atoms with Gasteiger partial charge in [-0.05, 0) is 6.54 Å². The molecule has 1 aromatic rings. The zero-order valence-corrected chi connectivity index (χ0v) is 8.47. The van der Waals surface area contributed by atoms with Crippen molar-refractivity contribution in [3.8, 4) is 0 Å². The minimum absolute atomic E-state index is 0.0711. The van der Waals surface area contributed by atoms with Gasteiger partial charge in [0.1, 0.15) is 0 Å². The van der Waals surface area contributed by atoms with Crippen LogP contribution in [-0.4, -0.2) is 38.6 Å². The lowest BCUT2D eigenvalue weighted by atomic mass is 10.4. The van der Waals surface area contributed by atoms with E-state index in [-0.39, 0.29) is 6.54 Å². The number of hydrogen-bond acceptors (Lipinski definition) is 3. The Morgan fingerprint density at radius 1 is 1.71 bits per heavy atom. The molecular formula is C9H15N3O2. The molecule has 0 spiro atoms. The fraction of sp³-hybridized carbons (Fsp3) is 0.556. The van der Waals surface area contributed by atoms with Gasteiger partial charge in [0, 0.05) is 19.8 Å². The lowest BCUT2D eigenvalue weighted by Gasteiger charge is -2.17. The number of likely N-dealkylation sites (N-methyl/N-ethyl adjacent to an activating group) is 1. The van der Waals surface area contributed by atoms with Gasteiger partial charge < -0.3 is 9.67 Å². The third kappa shape index (κ3) is 2.85. The van der Waals surface area contributed by atoms with Crippen molar-refractivity contribution in [3.63, 3.8) is 0 Å². The highest BCUT2D eigenvalue weighted by atomic mass is 16.4. The number of carboxylic acids is 1. The van der Waals surface area contributed by atoms with Gasteiger partial charge in [0.2, 0.25) is 0 Å². The van der Waals surface area contributed by atoms with E-state index in [1.807, 2.05) is 23.4 Å². The first-order chi connectivity index (χ1) is 6.63. The Bertz CT molecular complexity index is 309. The maximum absolute atomic E-state index is 10.5. The van der Waals surface area contributed by atoms with Gasteiger partial charge in [0.25, 0.3) is 0 Å². The second kappa shape index (κ2) is 4.76. The summed E-state index contributed by atoms with van der Waals surface area (Å²) in [4.78, 5) is 16.3. The summed E-state index contributed by atoms with van der Waals surface area (Å²) >= 11 is 0. The predicted molar refractivity (Wildman–Crippen MR) is 51.8 cm³/mol. The van der Waals surface area contributed by atoms with Gasteiger partial charge >= 0.3 is 5.97 Å². The molecule has 0 amide bonds. The lowest BCUT2D eigenvalue weighted by molar-refractivity contribution is -0.138. The van der Waals surface area contributed by atoms with Crippen molar-refractivity contribution in [2.24, 2.45) is 7.05 Å². The standard InChI is InChI=1S/C9H15N3O2/c1-3-12(6-9(13)14)5-8-4-10-7-11(8)2/h4,7H,3,5-6H2,1-2H3,(H,13,14). The average Bonchev–Trinajstić information content (AvgIpc) is 2.50. The summed E-state index contributed by atoms with van der Waals surface area (Å²) in [6, 6.07) is 0. The van der Waals surface area contributed by atoms with Crippen LogP contribution in [0.2, 0.25) is 0 Å². The van der Waals surface area contributed by atoms with Crippen LogP contribution in [0.15, 0.2) is 12.5 Å². The molecule has 0 bridgehead atoms. The van der Waals surface area contributed by atoms with Gasteiger partial charge in [-0.1, -0.05) is 6.92 Å². The van der Waals surface area contributed by atoms with Crippen molar-refractivity contribution in [2.45, 2.75) is 13.5 Å². The van der Waals surface area contributed by atoms with Gasteiger partial charge in [-0.25, -0.2) is 4.98 Å². The fourth-order valence-electron chi connectivity index (χ4n) is 1.24. The molecule has 0 aliphatic carbocycles. The number of aromatic nitrogens is 2. The second-order valence-corrected chi connectivity index (χ2v) is 3.19. The monoisotopic (exact) mass is 197 g/mol. The summed E-state index contributed by atoms with van der Waals surface area (Å²) in [5.74, 6) is -0.797. The van der Waals surface area contributed by atoms with E-state index in [0.29, 0.717) is 6.54 Å². The van der Waals surface area contributed by atoms with E-state index >= 15 is 0 Å². The summed E-state index contributed by atoms with van der Waals surface area (Å²) in [6.45, 7) is 3.36. The van der Waals surface area contributed by atoms with E-state index in [1.165, 1.54) is 0 Å². The van der Waals surface area contributed by atoms with Crippen molar-refractivity contribution < 1.29 is 9.90 Å². The molecule has 0 atom stereocenters. The Kier molecular flexibility index (Phi) is 3.64. The van der Waals surface area contributed by atoms with Gasteiger partial charge in [-0.3, -0.25) is 9.69 Å². The van der Waals surface area contributed by atoms with Gasteiger partial charge in [-0.2, -0.15) is 0 Å². The number of carboxylic acid groups (broad SMARTS) is 1. The van der Waals surface area contributed by atoms with Crippen molar-refractivity contribution in [3.05, 3.63) is 18.2 Å². The molecule has 0 fully saturated rings. The highest BCUT2D eigenvalue weighted by Crippen LogP contribution is 2.02. The molecular weight excluding hydrogens is 182 g/mol. The first kappa shape index (κ1) is 10.7. The highest BCUT2D eigenvalue weighted by Gasteiger charge is 2.09. The largest absolute Gasteiger partial charge is 0.480 e. The lowest BCUT2D eigenvalue weighted by Crippen LogP contribution is -2.29. The summed E-state index contributed by atoms with van der Waals surface area (Å²) in [7, 11) is 1.90. The van der Waals surface area contributed by atoms with Gasteiger partial charge in [0.05, 0.1) is 18.6 Å². The molecule has 5 heteroatoms. The Balaban J connectivity index is 2.57. The van der Waals surface area contributed by atoms with E-state index in [1.54, 1.807) is 12.5 Å². The van der Waals surface area contributed by atoms with Crippen LogP contribution in [0.4, 0.5) is 0 Å². The highest BCUT2D eigenvalue weighted by molar-refractivity contribution is 5.69. The molecule has 0 aromatic carbocycles. The number of rotatable bonds is 5. The molecule has 0 saturated carbocycles. The third-order valence-electron chi connectivity index (χ3n) is 2.11. The van der Waals surface area contributed by atoms with Crippen molar-refractivity contribution in [1.82, 2.24) is 14.5 Å². The van der Waals surface area contributed by atoms with Crippen LogP contribution >= 0.6 is 0 Å². The van der Waals surface area contributed by atoms with E-state index < -0.39 is 5.97 Å². The fourth-order valence-corrected chi connectivity index (χ4v) is 1.24. The molecule has 1 N–H and O–H groups in total. The Morgan fingerprint density at radius 3 is 2.86 bits per heavy atom. The van der Waals surface area contributed by atoms with Crippen LogP contribution in [0.5, 0.6) is 0 Å². The van der Waals surface area contributed by atoms with E-state index in [4.69, 9.17) is 5.11 Å². The zero-order chi connectivity index (χ0) is 10.6. The quantitative estimate of drug-likeness (QED) is 0.738. The normalized spacial score (nSPS) is 10.8. The van der Waals surface area contributed by atoms with E-state index in [2.05, 4.69) is 4.98 Å². The average molecular weight is 197 g/mol. The maximum atomic E-state index is 10.5. The smallest absolute Gasteiger partial charge is 0.317 e. The summed E-state index contributed by atoms with van der Waals surface area (Å²) < 4.78 is 1.89. The molecule has 0 aliphatic rings. The van der Waals surface area contributed by atoms with Gasteiger partial charge in [0.15, 0.2) is 0 Å². The summed E-state index contributed by atoms with van der Waals surface area (Å²) in [5.41, 5.74) is 1.02. The Morgan fingerprint density at radius 2 is 2.43 bits per heavy atom. The van der Waals surface area contributed by atoms with Crippen LogP contribution in [0.25, 0.3) is 0 Å². The molecule has 0 unspecified atom stereocenters. The molecule has 1 rings (SSSR count). The Labute approximate surface area is 83.0 Å². The predicted octanol–water partition coefficient (Wildman–Crippen LogP) is 0.327. The summed E-state index contributed by atoms with van der Waals surface area (Å²) in [5, 5.41) is 8.65. The molecule has 0 aliphatic heterocycles. The molecule has 1 heterocycles. The number of aryl methyl sites for hydroxylation is 1. The zero-order valence-electron chi connectivity index (χ0n) is 8.47. The molecule has 5 nitrogen and oxygen atoms in total. The SMILES string of the molecule is CCN(CC(=O)O)Cc1cncn1C. The third-order valence-corrected chi connectivity index (χ3v) is 2.11. The Hall–Kier alpha value is -1.36. The number of nitrogens with zero attached hydrogens (tertiary/aromatic N) is 3. The van der Waals surface area contributed by atoms with Crippen molar-refractivity contribution in [1.29, 1.82) is 0 Å². The molecule has 78 valence electrons. The van der Waals surface area contributed by atoms with Crippen molar-refractivity contribution in [2.75, 3.05) is 13.1 Å². The molecule has 1 aromatic heterocycles. The number of imidazole rings is 1. The van der Waals surface area contributed by atoms with Gasteiger partial charge in [-0.15, -0.1) is 0 Å². The van der Waals surface area contributed by atoms with E-state index in [0.717, 1.165) is 12.2 Å². The number of aliphatic carboxylic acids is 1. The van der Waals surface area contributed by atoms with Crippen molar-refractivity contribution >= 4 is 5.97 Å². The van der Waals surface area contributed by atoms with Crippen LogP contribution in [0.1, 0.15) is 12.6 Å².